The van der Waals surface area contributed by atoms with Crippen molar-refractivity contribution in [2.45, 2.75) is 96.1 Å². The van der Waals surface area contributed by atoms with Crippen molar-refractivity contribution < 1.29 is 62.7 Å². The van der Waals surface area contributed by atoms with Gasteiger partial charge in [-0.1, -0.05) is 62.4 Å². The molecule has 3 aliphatic carbocycles. The summed E-state index contributed by atoms with van der Waals surface area (Å²) in [5.41, 5.74) is -6.89. The van der Waals surface area contributed by atoms with E-state index in [1.165, 1.54) is 19.1 Å². The molecule has 58 heavy (non-hydrogen) atoms. The zero-order valence-electron chi connectivity index (χ0n) is 33.1. The van der Waals surface area contributed by atoms with Crippen LogP contribution in [0.4, 0.5) is 0 Å². The topological polar surface area (TPSA) is 201 Å². The van der Waals surface area contributed by atoms with Gasteiger partial charge in [0.05, 0.1) is 29.6 Å². The van der Waals surface area contributed by atoms with Crippen LogP contribution in [0.15, 0.2) is 83.9 Å². The third-order valence-electron chi connectivity index (χ3n) is 12.9. The van der Waals surface area contributed by atoms with E-state index < -0.39 is 107 Å². The molecule has 2 bridgehead atoms. The summed E-state index contributed by atoms with van der Waals surface area (Å²) in [5.74, 6) is -6.37. The van der Waals surface area contributed by atoms with E-state index in [1.54, 1.807) is 57.2 Å². The first kappa shape index (κ1) is 40.7. The van der Waals surface area contributed by atoms with Gasteiger partial charge >= 0.3 is 23.9 Å². The molecule has 14 heteroatoms. The minimum absolute atomic E-state index is 0.0793. The molecule has 1 aliphatic heterocycles. The minimum Gasteiger partial charge on any atom is -0.460 e. The number of amides is 1. The number of rotatable bonds is 8. The van der Waals surface area contributed by atoms with E-state index in [2.05, 4.69) is 5.32 Å². The Morgan fingerprint density at radius 1 is 0.862 bits per heavy atom. The fraction of sp³-hybridized carbons (Fsp3) is 0.455. The molecule has 4 aliphatic rings. The molecule has 7 rings (SSSR count). The summed E-state index contributed by atoms with van der Waals surface area (Å²) < 4.78 is 30.4. The lowest BCUT2D eigenvalue weighted by atomic mass is 9.44. The normalized spacial score (nSPS) is 32.2. The molecule has 9 atom stereocenters. The first-order chi connectivity index (χ1) is 27.3. The standard InChI is InChI=1S/C44H47NO13/c1-23-30(48)20-44(53)38(57-40(52)27-13-8-7-9-14-27)36-42(6,37(50)35(55-24(2)46)34(23)41(44,4)5)31(19-32-43(36,22-54-32)58-25(3)47)56-33(49)21-45-39(51)29-17-16-26-12-10-11-15-28(26)18-29/h7-18,30-32,35-36,38,48,53H,19-22H2,1-6H3,(H,45,51)/t30-,31-,32+,35+,36-,38-,42+,43-,44+/m0/s1. The summed E-state index contributed by atoms with van der Waals surface area (Å²) in [5, 5.41) is 29.2. The lowest BCUT2D eigenvalue weighted by molar-refractivity contribution is -0.346. The quantitative estimate of drug-likeness (QED) is 0.169. The van der Waals surface area contributed by atoms with Crippen LogP contribution < -0.4 is 5.32 Å². The Kier molecular flexibility index (Phi) is 10.4. The monoisotopic (exact) mass is 797 g/mol. The van der Waals surface area contributed by atoms with Crippen molar-refractivity contribution in [2.75, 3.05) is 13.2 Å². The lowest BCUT2D eigenvalue weighted by Gasteiger charge is -2.67. The number of aliphatic hydroxyl groups excluding tert-OH is 1. The molecule has 2 saturated carbocycles. The zero-order chi connectivity index (χ0) is 41.9. The Balaban J connectivity index is 1.35. The molecule has 14 nitrogen and oxygen atoms in total. The number of benzene rings is 3. The molecule has 0 aromatic heterocycles. The van der Waals surface area contributed by atoms with Gasteiger partial charge in [-0.25, -0.2) is 4.79 Å². The molecule has 1 amide bonds. The molecule has 3 N–H and O–H groups in total. The van der Waals surface area contributed by atoms with E-state index >= 15 is 4.79 Å². The minimum atomic E-state index is -2.25. The molecular weight excluding hydrogens is 750 g/mol. The van der Waals surface area contributed by atoms with Crippen molar-refractivity contribution in [3.63, 3.8) is 0 Å². The van der Waals surface area contributed by atoms with Crippen LogP contribution in [0.1, 0.15) is 75.1 Å². The van der Waals surface area contributed by atoms with Gasteiger partial charge in [0.2, 0.25) is 0 Å². The number of carbonyl (C=O) groups excluding carboxylic acids is 6. The van der Waals surface area contributed by atoms with Gasteiger partial charge in [0.15, 0.2) is 17.5 Å². The summed E-state index contributed by atoms with van der Waals surface area (Å²) in [4.78, 5) is 82.7. The Morgan fingerprint density at radius 2 is 1.53 bits per heavy atom. The summed E-state index contributed by atoms with van der Waals surface area (Å²) in [6.07, 6.45) is -8.02. The highest BCUT2D eigenvalue weighted by Gasteiger charge is 2.79. The molecule has 0 spiro atoms. The Morgan fingerprint density at radius 3 is 2.17 bits per heavy atom. The second kappa shape index (κ2) is 14.7. The Hall–Kier alpha value is -5.44. The summed E-state index contributed by atoms with van der Waals surface area (Å²) in [6.45, 7) is 7.54. The summed E-state index contributed by atoms with van der Waals surface area (Å²) in [7, 11) is 0. The second-order valence-corrected chi connectivity index (χ2v) is 16.5. The Labute approximate surface area is 334 Å². The molecule has 306 valence electrons. The largest absolute Gasteiger partial charge is 0.460 e. The fourth-order valence-corrected chi connectivity index (χ4v) is 9.84. The van der Waals surface area contributed by atoms with E-state index in [0.717, 1.165) is 24.6 Å². The fourth-order valence-electron chi connectivity index (χ4n) is 9.84. The summed E-state index contributed by atoms with van der Waals surface area (Å²) >= 11 is 0. The number of Topliss-reactive ketones (excluding diaryl/α,β-unsaturated/α-hetero) is 1. The van der Waals surface area contributed by atoms with Crippen molar-refractivity contribution in [2.24, 2.45) is 16.7 Å². The first-order valence-electron chi connectivity index (χ1n) is 19.2. The number of hydrogen-bond acceptors (Lipinski definition) is 13. The molecule has 3 aromatic rings. The van der Waals surface area contributed by atoms with Gasteiger partial charge in [-0.2, -0.15) is 0 Å². The number of ether oxygens (including phenoxy) is 5. The van der Waals surface area contributed by atoms with Crippen molar-refractivity contribution in [1.82, 2.24) is 5.32 Å². The second-order valence-electron chi connectivity index (χ2n) is 16.5. The maximum Gasteiger partial charge on any atom is 0.338 e. The lowest BCUT2D eigenvalue weighted by Crippen LogP contribution is -2.82. The van der Waals surface area contributed by atoms with Crippen molar-refractivity contribution in [3.05, 3.63) is 95.1 Å². The molecule has 3 aromatic carbocycles. The van der Waals surface area contributed by atoms with Crippen LogP contribution in [-0.4, -0.2) is 101 Å². The van der Waals surface area contributed by atoms with Gasteiger partial charge in [-0.05, 0) is 60.0 Å². The number of hydrogen-bond donors (Lipinski definition) is 3. The van der Waals surface area contributed by atoms with Gasteiger partial charge in [-0.15, -0.1) is 0 Å². The highest BCUT2D eigenvalue weighted by molar-refractivity contribution is 6.00. The molecule has 0 unspecified atom stereocenters. The van der Waals surface area contributed by atoms with Crippen molar-refractivity contribution in [3.8, 4) is 0 Å². The van der Waals surface area contributed by atoms with Gasteiger partial charge in [0, 0.05) is 37.7 Å². The Bertz CT molecular complexity index is 2230. The van der Waals surface area contributed by atoms with Gasteiger partial charge in [-0.3, -0.25) is 24.0 Å². The number of carbonyl (C=O) groups is 6. The van der Waals surface area contributed by atoms with Crippen LogP contribution in [0.3, 0.4) is 0 Å². The highest BCUT2D eigenvalue weighted by atomic mass is 16.6. The molecule has 1 saturated heterocycles. The average molecular weight is 798 g/mol. The van der Waals surface area contributed by atoms with Crippen LogP contribution in [0.25, 0.3) is 10.8 Å². The highest BCUT2D eigenvalue weighted by Crippen LogP contribution is 2.64. The van der Waals surface area contributed by atoms with Crippen LogP contribution in [-0.2, 0) is 42.9 Å². The van der Waals surface area contributed by atoms with E-state index in [0.29, 0.717) is 5.56 Å². The number of aliphatic hydroxyl groups is 2. The van der Waals surface area contributed by atoms with Crippen LogP contribution in [0, 0.1) is 16.7 Å². The van der Waals surface area contributed by atoms with E-state index in [-0.39, 0.29) is 29.7 Å². The number of nitrogens with one attached hydrogen (secondary N) is 1. The maximum absolute atomic E-state index is 15.6. The SMILES string of the molecule is CC(=O)O[C@H]1C(=O)[C@]2(C)[C@@H](OC(=O)CNC(=O)c3ccc4ccccc4c3)C[C@H]3OC[C@@]3(OC(C)=O)[C@H]2[C@H](OC(=O)c2ccccc2)[C@]2(O)C[C@H](O)C(C)=C1C2(C)C. The zero-order valence-corrected chi connectivity index (χ0v) is 33.1. The molecular formula is C44H47NO13. The maximum atomic E-state index is 15.6. The third-order valence-corrected chi connectivity index (χ3v) is 12.9. The van der Waals surface area contributed by atoms with Crippen LogP contribution in [0.2, 0.25) is 0 Å². The van der Waals surface area contributed by atoms with Crippen LogP contribution >= 0.6 is 0 Å². The van der Waals surface area contributed by atoms with E-state index in [1.807, 2.05) is 24.3 Å². The molecule has 0 radical (unpaired) electrons. The van der Waals surface area contributed by atoms with Gasteiger partial charge in [0.1, 0.15) is 30.5 Å². The van der Waals surface area contributed by atoms with E-state index in [4.69, 9.17) is 23.7 Å². The van der Waals surface area contributed by atoms with Crippen molar-refractivity contribution in [1.29, 1.82) is 0 Å². The molecule has 1 heterocycles. The third kappa shape index (κ3) is 6.47. The van der Waals surface area contributed by atoms with Gasteiger partial charge < -0.3 is 39.2 Å². The summed E-state index contributed by atoms with van der Waals surface area (Å²) in [6, 6.07) is 20.5. The number of esters is 4. The van der Waals surface area contributed by atoms with E-state index in [9.17, 15) is 34.2 Å². The average Bonchev–Trinajstić information content (AvgIpc) is 3.17. The predicted octanol–water partition coefficient (Wildman–Crippen LogP) is 3.79. The smallest absolute Gasteiger partial charge is 0.338 e. The van der Waals surface area contributed by atoms with Gasteiger partial charge in [0.25, 0.3) is 5.91 Å². The number of ketones is 1. The van der Waals surface area contributed by atoms with Crippen molar-refractivity contribution >= 4 is 46.3 Å². The first-order valence-corrected chi connectivity index (χ1v) is 19.2. The predicted molar refractivity (Wildman–Crippen MR) is 205 cm³/mol. The molecule has 3 fully saturated rings. The number of fused-ring (bicyclic) bond motifs is 6. The van der Waals surface area contributed by atoms with Crippen LogP contribution in [0.5, 0.6) is 0 Å².